The molecule has 0 radical (unpaired) electrons. The van der Waals surface area contributed by atoms with Gasteiger partial charge in [-0.1, -0.05) is 6.07 Å². The second-order valence-electron chi connectivity index (χ2n) is 5.66. The van der Waals surface area contributed by atoms with E-state index in [1.165, 1.54) is 14.7 Å². The van der Waals surface area contributed by atoms with E-state index in [1.807, 2.05) is 20.8 Å². The predicted octanol–water partition coefficient (Wildman–Crippen LogP) is 3.28. The molecule has 0 aliphatic heterocycles. The summed E-state index contributed by atoms with van der Waals surface area (Å²) in [7, 11) is 0. The highest BCUT2D eigenvalue weighted by molar-refractivity contribution is 14.1. The zero-order valence-electron chi connectivity index (χ0n) is 10.9. The van der Waals surface area contributed by atoms with E-state index in [1.54, 1.807) is 0 Å². The summed E-state index contributed by atoms with van der Waals surface area (Å²) in [4.78, 5) is 11.7. The molecule has 1 aromatic rings. The summed E-state index contributed by atoms with van der Waals surface area (Å²) in [5.41, 5.74) is 2.23. The third kappa shape index (κ3) is 3.60. The van der Waals surface area contributed by atoms with Crippen LogP contribution < -0.4 is 5.32 Å². The van der Waals surface area contributed by atoms with Crippen molar-refractivity contribution in [1.82, 2.24) is 5.32 Å². The van der Waals surface area contributed by atoms with Gasteiger partial charge in [0, 0.05) is 9.61 Å². The Morgan fingerprint density at radius 2 is 2.00 bits per heavy atom. The molecule has 4 heteroatoms. The number of halogens is 1. The summed E-state index contributed by atoms with van der Waals surface area (Å²) >= 11 is 2.31. The summed E-state index contributed by atoms with van der Waals surface area (Å²) in [6, 6.07) is 6.60. The third-order valence-corrected chi connectivity index (χ3v) is 3.49. The van der Waals surface area contributed by atoms with E-state index in [0.717, 1.165) is 12.8 Å². The highest BCUT2D eigenvalue weighted by Crippen LogP contribution is 2.24. The SMILES string of the molecule is CC(C)(C)OC(=O)NC1Cc2ccc(I)cc2C1. The number of fused-ring (bicyclic) bond motifs is 1. The molecular weight excluding hydrogens is 341 g/mol. The lowest BCUT2D eigenvalue weighted by Crippen LogP contribution is -2.39. The quantitative estimate of drug-likeness (QED) is 0.782. The first-order valence-electron chi connectivity index (χ1n) is 6.10. The van der Waals surface area contributed by atoms with E-state index < -0.39 is 5.60 Å². The molecule has 1 N–H and O–H groups in total. The maximum Gasteiger partial charge on any atom is 0.407 e. The van der Waals surface area contributed by atoms with Crippen molar-refractivity contribution in [2.24, 2.45) is 0 Å². The number of carbonyl (C=O) groups is 1. The van der Waals surface area contributed by atoms with Gasteiger partial charge in [-0.15, -0.1) is 0 Å². The second-order valence-corrected chi connectivity index (χ2v) is 6.91. The molecule has 0 saturated heterocycles. The van der Waals surface area contributed by atoms with Gasteiger partial charge in [-0.2, -0.15) is 0 Å². The topological polar surface area (TPSA) is 38.3 Å². The maximum absolute atomic E-state index is 11.7. The average molecular weight is 359 g/mol. The van der Waals surface area contributed by atoms with Gasteiger partial charge in [0.2, 0.25) is 0 Å². The summed E-state index contributed by atoms with van der Waals surface area (Å²) < 4.78 is 6.51. The van der Waals surface area contributed by atoms with Crippen LogP contribution in [0.25, 0.3) is 0 Å². The second kappa shape index (κ2) is 5.07. The lowest BCUT2D eigenvalue weighted by molar-refractivity contribution is 0.0506. The normalized spacial score (nSPS) is 18.3. The van der Waals surface area contributed by atoms with Crippen LogP contribution in [0.5, 0.6) is 0 Å². The zero-order valence-corrected chi connectivity index (χ0v) is 13.1. The Balaban J connectivity index is 1.94. The number of amides is 1. The van der Waals surface area contributed by atoms with Crippen molar-refractivity contribution in [1.29, 1.82) is 0 Å². The minimum atomic E-state index is -0.440. The van der Waals surface area contributed by atoms with Crippen LogP contribution >= 0.6 is 22.6 Å². The Bertz CT molecular complexity index is 465. The van der Waals surface area contributed by atoms with Crippen molar-refractivity contribution in [3.63, 3.8) is 0 Å². The number of nitrogens with one attached hydrogen (secondary N) is 1. The molecule has 1 atom stereocenters. The molecule has 0 aromatic heterocycles. The van der Waals surface area contributed by atoms with Gasteiger partial charge >= 0.3 is 6.09 Å². The van der Waals surface area contributed by atoms with Crippen LogP contribution in [0.4, 0.5) is 4.79 Å². The largest absolute Gasteiger partial charge is 0.444 e. The fraction of sp³-hybridized carbons (Fsp3) is 0.500. The van der Waals surface area contributed by atoms with E-state index >= 15 is 0 Å². The minimum Gasteiger partial charge on any atom is -0.444 e. The number of rotatable bonds is 1. The van der Waals surface area contributed by atoms with Gasteiger partial charge in [0.1, 0.15) is 5.60 Å². The molecule has 1 aliphatic carbocycles. The lowest BCUT2D eigenvalue weighted by atomic mass is 10.1. The van der Waals surface area contributed by atoms with E-state index in [-0.39, 0.29) is 12.1 Å². The van der Waals surface area contributed by atoms with Crippen LogP contribution in [0, 0.1) is 3.57 Å². The first kappa shape index (κ1) is 13.6. The Morgan fingerprint density at radius 1 is 1.33 bits per heavy atom. The first-order chi connectivity index (χ1) is 8.33. The average Bonchev–Trinajstić information content (AvgIpc) is 2.55. The Hall–Kier alpha value is -0.780. The van der Waals surface area contributed by atoms with Gasteiger partial charge < -0.3 is 10.1 Å². The van der Waals surface area contributed by atoms with Crippen molar-refractivity contribution >= 4 is 28.7 Å². The molecule has 98 valence electrons. The van der Waals surface area contributed by atoms with Gasteiger partial charge in [-0.05, 0) is 79.5 Å². The maximum atomic E-state index is 11.7. The molecular formula is C14H18INO2. The molecule has 2 rings (SSSR count). The highest BCUT2D eigenvalue weighted by Gasteiger charge is 2.25. The van der Waals surface area contributed by atoms with Gasteiger partial charge in [0.15, 0.2) is 0 Å². The van der Waals surface area contributed by atoms with Crippen molar-refractivity contribution in [3.05, 3.63) is 32.9 Å². The number of ether oxygens (including phenoxy) is 1. The van der Waals surface area contributed by atoms with Gasteiger partial charge in [-0.3, -0.25) is 0 Å². The number of benzene rings is 1. The zero-order chi connectivity index (χ0) is 13.3. The molecule has 0 spiro atoms. The molecule has 0 fully saturated rings. The number of carbonyl (C=O) groups excluding carboxylic acids is 1. The summed E-state index contributed by atoms with van der Waals surface area (Å²) in [5, 5.41) is 2.94. The summed E-state index contributed by atoms with van der Waals surface area (Å²) in [5.74, 6) is 0. The summed E-state index contributed by atoms with van der Waals surface area (Å²) in [6.45, 7) is 5.62. The van der Waals surface area contributed by atoms with Crippen molar-refractivity contribution in [3.8, 4) is 0 Å². The van der Waals surface area contributed by atoms with E-state index in [4.69, 9.17) is 4.74 Å². The van der Waals surface area contributed by atoms with Crippen molar-refractivity contribution in [2.75, 3.05) is 0 Å². The predicted molar refractivity (Wildman–Crippen MR) is 79.7 cm³/mol. The monoisotopic (exact) mass is 359 g/mol. The van der Waals surface area contributed by atoms with E-state index in [2.05, 4.69) is 46.1 Å². The van der Waals surface area contributed by atoms with Crippen LogP contribution in [0.2, 0.25) is 0 Å². The van der Waals surface area contributed by atoms with Gasteiger partial charge in [-0.25, -0.2) is 4.79 Å². The standard InChI is InChI=1S/C14H18INO2/c1-14(2,3)18-13(17)16-12-7-9-4-5-11(15)6-10(9)8-12/h4-6,12H,7-8H2,1-3H3,(H,16,17). The highest BCUT2D eigenvalue weighted by atomic mass is 127. The Morgan fingerprint density at radius 3 is 2.67 bits per heavy atom. The van der Waals surface area contributed by atoms with Crippen LogP contribution in [0.15, 0.2) is 18.2 Å². The number of hydrogen-bond donors (Lipinski definition) is 1. The molecule has 1 unspecified atom stereocenters. The van der Waals surface area contributed by atoms with Crippen molar-refractivity contribution < 1.29 is 9.53 Å². The Labute approximate surface area is 121 Å². The molecule has 1 amide bonds. The van der Waals surface area contributed by atoms with E-state index in [9.17, 15) is 4.79 Å². The molecule has 1 aliphatic rings. The number of hydrogen-bond acceptors (Lipinski definition) is 2. The fourth-order valence-electron chi connectivity index (χ4n) is 2.16. The number of alkyl carbamates (subject to hydrolysis) is 1. The molecule has 0 bridgehead atoms. The minimum absolute atomic E-state index is 0.160. The molecule has 0 saturated carbocycles. The summed E-state index contributed by atoms with van der Waals surface area (Å²) in [6.07, 6.45) is 1.46. The van der Waals surface area contributed by atoms with Crippen LogP contribution in [-0.2, 0) is 17.6 Å². The third-order valence-electron chi connectivity index (χ3n) is 2.82. The van der Waals surface area contributed by atoms with Gasteiger partial charge in [0.05, 0.1) is 0 Å². The molecule has 1 aromatic carbocycles. The first-order valence-corrected chi connectivity index (χ1v) is 7.18. The van der Waals surface area contributed by atoms with Crippen LogP contribution in [0.1, 0.15) is 31.9 Å². The fourth-order valence-corrected chi connectivity index (χ4v) is 2.72. The lowest BCUT2D eigenvalue weighted by Gasteiger charge is -2.21. The van der Waals surface area contributed by atoms with Crippen LogP contribution in [-0.4, -0.2) is 17.7 Å². The van der Waals surface area contributed by atoms with Crippen LogP contribution in [0.3, 0.4) is 0 Å². The molecule has 3 nitrogen and oxygen atoms in total. The molecule has 0 heterocycles. The Kier molecular flexibility index (Phi) is 3.84. The van der Waals surface area contributed by atoms with E-state index in [0.29, 0.717) is 0 Å². The smallest absolute Gasteiger partial charge is 0.407 e. The van der Waals surface area contributed by atoms with Gasteiger partial charge in [0.25, 0.3) is 0 Å². The van der Waals surface area contributed by atoms with Crippen molar-refractivity contribution in [2.45, 2.75) is 45.3 Å². The molecule has 18 heavy (non-hydrogen) atoms.